The van der Waals surface area contributed by atoms with E-state index in [1.165, 1.54) is 6.33 Å². The van der Waals surface area contributed by atoms with E-state index in [0.29, 0.717) is 23.8 Å². The van der Waals surface area contributed by atoms with Crippen LogP contribution in [-0.2, 0) is 23.1 Å². The highest BCUT2D eigenvalue weighted by molar-refractivity contribution is 7.89. The zero-order chi connectivity index (χ0) is 14.9. The van der Waals surface area contributed by atoms with Gasteiger partial charge < -0.3 is 10.3 Å². The monoisotopic (exact) mass is 310 g/mol. The van der Waals surface area contributed by atoms with E-state index in [2.05, 4.69) is 30.2 Å². The maximum atomic E-state index is 12.4. The highest BCUT2D eigenvalue weighted by Gasteiger charge is 2.26. The highest BCUT2D eigenvalue weighted by Crippen LogP contribution is 2.22. The molecule has 0 aromatic carbocycles. The number of rotatable bonds is 7. The van der Waals surface area contributed by atoms with Gasteiger partial charge in [-0.1, -0.05) is 0 Å². The standard InChI is InChI=1S/C12H18N6O2S/c1-8-11(6-14-9-2-3-9)12(18-17-8)21(19,20)16-5-10-4-13-7-15-10/h4,7,9,14,16H,2-3,5-6H2,1H3,(H,13,15)(H,17,18). The smallest absolute Gasteiger partial charge is 0.260 e. The second kappa shape index (κ2) is 5.58. The third kappa shape index (κ3) is 3.31. The summed E-state index contributed by atoms with van der Waals surface area (Å²) in [7, 11) is -3.65. The average molecular weight is 310 g/mol. The molecule has 2 aromatic heterocycles. The molecule has 1 aliphatic carbocycles. The molecule has 1 fully saturated rings. The first kappa shape index (κ1) is 14.2. The van der Waals surface area contributed by atoms with E-state index in [1.807, 2.05) is 6.92 Å². The van der Waals surface area contributed by atoms with Gasteiger partial charge in [-0.3, -0.25) is 5.10 Å². The minimum Gasteiger partial charge on any atom is -0.347 e. The van der Waals surface area contributed by atoms with Crippen molar-refractivity contribution in [2.75, 3.05) is 0 Å². The van der Waals surface area contributed by atoms with Crippen molar-refractivity contribution in [2.24, 2.45) is 0 Å². The molecule has 0 bridgehead atoms. The lowest BCUT2D eigenvalue weighted by Gasteiger charge is -2.07. The summed E-state index contributed by atoms with van der Waals surface area (Å²) >= 11 is 0. The Morgan fingerprint density at radius 3 is 2.86 bits per heavy atom. The van der Waals surface area contributed by atoms with Gasteiger partial charge in [0.2, 0.25) is 0 Å². The van der Waals surface area contributed by atoms with E-state index in [-0.39, 0.29) is 11.6 Å². The van der Waals surface area contributed by atoms with E-state index in [4.69, 9.17) is 0 Å². The molecule has 114 valence electrons. The quantitative estimate of drug-likeness (QED) is 0.582. The van der Waals surface area contributed by atoms with Crippen LogP contribution in [-0.4, -0.2) is 34.6 Å². The van der Waals surface area contributed by atoms with Crippen LogP contribution in [0.4, 0.5) is 0 Å². The maximum absolute atomic E-state index is 12.4. The predicted octanol–water partition coefficient (Wildman–Crippen LogP) is 0.172. The molecule has 4 N–H and O–H groups in total. The van der Waals surface area contributed by atoms with Crippen molar-refractivity contribution >= 4 is 10.0 Å². The van der Waals surface area contributed by atoms with Gasteiger partial charge >= 0.3 is 0 Å². The second-order valence-electron chi connectivity index (χ2n) is 5.19. The molecule has 0 unspecified atom stereocenters. The fourth-order valence-electron chi connectivity index (χ4n) is 2.02. The van der Waals surface area contributed by atoms with Crippen molar-refractivity contribution < 1.29 is 8.42 Å². The third-order valence-corrected chi connectivity index (χ3v) is 4.81. The number of aromatic amines is 2. The van der Waals surface area contributed by atoms with Crippen LogP contribution in [0.2, 0.25) is 0 Å². The second-order valence-corrected chi connectivity index (χ2v) is 6.87. The first-order chi connectivity index (χ1) is 10.1. The van der Waals surface area contributed by atoms with Gasteiger partial charge in [0.05, 0.1) is 12.9 Å². The van der Waals surface area contributed by atoms with Crippen LogP contribution in [0.3, 0.4) is 0 Å². The van der Waals surface area contributed by atoms with Crippen LogP contribution in [0.15, 0.2) is 17.6 Å². The maximum Gasteiger partial charge on any atom is 0.260 e. The molecule has 2 aromatic rings. The summed E-state index contributed by atoms with van der Waals surface area (Å²) < 4.78 is 27.3. The lowest BCUT2D eigenvalue weighted by molar-refractivity contribution is 0.572. The van der Waals surface area contributed by atoms with Gasteiger partial charge in [0.15, 0.2) is 5.03 Å². The first-order valence-electron chi connectivity index (χ1n) is 6.80. The van der Waals surface area contributed by atoms with E-state index < -0.39 is 10.0 Å². The number of hydrogen-bond donors (Lipinski definition) is 4. The molecule has 21 heavy (non-hydrogen) atoms. The summed E-state index contributed by atoms with van der Waals surface area (Å²) in [4.78, 5) is 6.70. The van der Waals surface area contributed by atoms with Crippen LogP contribution in [0.1, 0.15) is 29.8 Å². The molecule has 0 amide bonds. The van der Waals surface area contributed by atoms with Crippen molar-refractivity contribution in [1.82, 2.24) is 30.2 Å². The summed E-state index contributed by atoms with van der Waals surface area (Å²) in [5.74, 6) is 0. The highest BCUT2D eigenvalue weighted by atomic mass is 32.2. The molecule has 3 rings (SSSR count). The van der Waals surface area contributed by atoms with Gasteiger partial charge in [-0.25, -0.2) is 18.1 Å². The molecule has 1 aliphatic rings. The summed E-state index contributed by atoms with van der Waals surface area (Å²) in [5.41, 5.74) is 2.16. The fraction of sp³-hybridized carbons (Fsp3) is 0.500. The number of nitrogens with one attached hydrogen (secondary N) is 4. The lowest BCUT2D eigenvalue weighted by atomic mass is 10.2. The summed E-state index contributed by atoms with van der Waals surface area (Å²) in [6.07, 6.45) is 5.38. The molecule has 8 nitrogen and oxygen atoms in total. The minimum absolute atomic E-state index is 0.0627. The lowest BCUT2D eigenvalue weighted by Crippen LogP contribution is -2.26. The summed E-state index contributed by atoms with van der Waals surface area (Å²) in [5, 5.41) is 10.1. The van der Waals surface area contributed by atoms with Crippen molar-refractivity contribution in [3.8, 4) is 0 Å². The molecule has 9 heteroatoms. The van der Waals surface area contributed by atoms with E-state index in [9.17, 15) is 8.42 Å². The molecule has 0 radical (unpaired) electrons. The Bertz CT molecular complexity index is 702. The number of H-pyrrole nitrogens is 2. The Morgan fingerprint density at radius 1 is 1.38 bits per heavy atom. The normalized spacial score (nSPS) is 15.5. The topological polar surface area (TPSA) is 116 Å². The average Bonchev–Trinajstić information content (AvgIpc) is 2.98. The SMILES string of the molecule is Cc1[nH]nc(S(=O)(=O)NCc2cnc[nH]2)c1CNC1CC1. The van der Waals surface area contributed by atoms with Crippen molar-refractivity contribution in [3.63, 3.8) is 0 Å². The van der Waals surface area contributed by atoms with E-state index in [1.54, 1.807) is 6.20 Å². The molecule has 1 saturated carbocycles. The van der Waals surface area contributed by atoms with Crippen molar-refractivity contribution in [3.05, 3.63) is 29.5 Å². The summed E-state index contributed by atoms with van der Waals surface area (Å²) in [6.45, 7) is 2.49. The van der Waals surface area contributed by atoms with Crippen molar-refractivity contribution in [2.45, 2.75) is 43.9 Å². The molecule has 0 aliphatic heterocycles. The molecule has 0 atom stereocenters. The Balaban J connectivity index is 1.74. The van der Waals surface area contributed by atoms with Crippen LogP contribution < -0.4 is 10.0 Å². The number of aromatic nitrogens is 4. The number of hydrogen-bond acceptors (Lipinski definition) is 5. The van der Waals surface area contributed by atoms with Gasteiger partial charge in [-0.15, -0.1) is 0 Å². The fourth-order valence-corrected chi connectivity index (χ4v) is 3.21. The Labute approximate surface area is 122 Å². The predicted molar refractivity (Wildman–Crippen MR) is 75.8 cm³/mol. The Kier molecular flexibility index (Phi) is 3.79. The zero-order valence-electron chi connectivity index (χ0n) is 11.7. The van der Waals surface area contributed by atoms with Gasteiger partial charge in [-0.2, -0.15) is 5.10 Å². The number of imidazole rings is 1. The van der Waals surface area contributed by atoms with Gasteiger partial charge in [0.1, 0.15) is 0 Å². The van der Waals surface area contributed by atoms with Crippen molar-refractivity contribution in [1.29, 1.82) is 0 Å². The van der Waals surface area contributed by atoms with Gasteiger partial charge in [0.25, 0.3) is 10.0 Å². The largest absolute Gasteiger partial charge is 0.347 e. The number of aryl methyl sites for hydroxylation is 1. The summed E-state index contributed by atoms with van der Waals surface area (Å²) in [6, 6.07) is 0.507. The van der Waals surface area contributed by atoms with Crippen LogP contribution in [0, 0.1) is 6.92 Å². The number of nitrogens with zero attached hydrogens (tertiary/aromatic N) is 2. The van der Waals surface area contributed by atoms with E-state index >= 15 is 0 Å². The van der Waals surface area contributed by atoms with Crippen LogP contribution in [0.5, 0.6) is 0 Å². The van der Waals surface area contributed by atoms with Crippen LogP contribution >= 0.6 is 0 Å². The van der Waals surface area contributed by atoms with Gasteiger partial charge in [-0.05, 0) is 19.8 Å². The Morgan fingerprint density at radius 2 is 2.19 bits per heavy atom. The van der Waals surface area contributed by atoms with Gasteiger partial charge in [0, 0.05) is 35.7 Å². The molecular formula is C12H18N6O2S. The zero-order valence-corrected chi connectivity index (χ0v) is 12.5. The molecule has 2 heterocycles. The van der Waals surface area contributed by atoms with E-state index in [0.717, 1.165) is 18.5 Å². The third-order valence-electron chi connectivity index (χ3n) is 3.44. The molecule has 0 spiro atoms. The first-order valence-corrected chi connectivity index (χ1v) is 8.29. The minimum atomic E-state index is -3.65. The molecule has 0 saturated heterocycles. The number of sulfonamides is 1. The Hall–Kier alpha value is -1.71. The van der Waals surface area contributed by atoms with Crippen LogP contribution in [0.25, 0.3) is 0 Å². The molecular weight excluding hydrogens is 292 g/mol.